The fourth-order valence-corrected chi connectivity index (χ4v) is 14.2. The highest BCUT2D eigenvalue weighted by molar-refractivity contribution is 6.99. The van der Waals surface area contributed by atoms with E-state index in [0.717, 1.165) is 31.3 Å². The summed E-state index contributed by atoms with van der Waals surface area (Å²) in [6.07, 6.45) is 13.2. The van der Waals surface area contributed by atoms with Gasteiger partial charge in [-0.05, 0) is 170 Å². The molecule has 0 bridgehead atoms. The number of benzene rings is 4. The summed E-state index contributed by atoms with van der Waals surface area (Å²) in [5.74, 6) is 2.02. The number of aryl methyl sites for hydroxylation is 1. The summed E-state index contributed by atoms with van der Waals surface area (Å²) >= 11 is 0. The van der Waals surface area contributed by atoms with E-state index in [1.54, 1.807) is 0 Å². The van der Waals surface area contributed by atoms with Crippen LogP contribution in [0.15, 0.2) is 89.0 Å². The van der Waals surface area contributed by atoms with E-state index in [4.69, 9.17) is 4.42 Å². The van der Waals surface area contributed by atoms with Gasteiger partial charge in [0.15, 0.2) is 0 Å². The van der Waals surface area contributed by atoms with Crippen LogP contribution in [0, 0.1) is 18.3 Å². The first-order chi connectivity index (χ1) is 32.5. The summed E-state index contributed by atoms with van der Waals surface area (Å²) in [5, 5.41) is 0. The van der Waals surface area contributed by atoms with E-state index in [2.05, 4.69) is 213 Å². The number of fused-ring (bicyclic) bond motifs is 9. The van der Waals surface area contributed by atoms with Crippen LogP contribution in [0.5, 0.6) is 0 Å². The Kier molecular flexibility index (Phi) is 10.3. The van der Waals surface area contributed by atoms with E-state index in [1.165, 1.54) is 120 Å². The van der Waals surface area contributed by atoms with Gasteiger partial charge in [-0.1, -0.05) is 172 Å². The van der Waals surface area contributed by atoms with E-state index < -0.39 is 0 Å². The standard InChI is InChI=1S/C66H83BN2O/c1-39(2)41-19-23-44(24-20-41)68-51-35-40(3)36-52-55(51)67(49-27-26-47-53(56(49)68)64(13,14)32-31-62(47,9)10)59-57(54-58(70-59)66(17,18)34-33-65(54,15)16)69(52)50-28-22-43(60(4,5)6)38-45(50)42-21-25-46-48(37-42)63(11,12)30-29-61(46,7)8/h19-21,23-28,35-39,43H,22,29-34H2,1-18H3. The van der Waals surface area contributed by atoms with E-state index in [9.17, 15) is 0 Å². The van der Waals surface area contributed by atoms with Crippen molar-refractivity contribution in [2.24, 2.45) is 11.3 Å². The van der Waals surface area contributed by atoms with Crippen molar-refractivity contribution in [2.75, 3.05) is 9.80 Å². The molecule has 4 aliphatic carbocycles. The lowest BCUT2D eigenvalue weighted by Crippen LogP contribution is -2.62. The van der Waals surface area contributed by atoms with Crippen molar-refractivity contribution in [1.82, 2.24) is 0 Å². The third kappa shape index (κ3) is 7.00. The normalized spacial score (nSPS) is 22.8. The number of hydrogen-bond donors (Lipinski definition) is 0. The van der Waals surface area contributed by atoms with Crippen molar-refractivity contribution < 1.29 is 4.42 Å². The highest BCUT2D eigenvalue weighted by Crippen LogP contribution is 2.58. The van der Waals surface area contributed by atoms with E-state index in [0.29, 0.717) is 11.8 Å². The zero-order valence-corrected chi connectivity index (χ0v) is 46.5. The van der Waals surface area contributed by atoms with Crippen molar-refractivity contribution in [1.29, 1.82) is 0 Å². The van der Waals surface area contributed by atoms with Crippen molar-refractivity contribution in [3.8, 4) is 0 Å². The number of rotatable bonds is 4. The van der Waals surface area contributed by atoms with Crippen LogP contribution >= 0.6 is 0 Å². The van der Waals surface area contributed by atoms with Crippen LogP contribution in [0.1, 0.15) is 219 Å². The quantitative estimate of drug-likeness (QED) is 0.164. The predicted octanol–water partition coefficient (Wildman–Crippen LogP) is 16.5. The van der Waals surface area contributed by atoms with Gasteiger partial charge in [-0.2, -0.15) is 0 Å². The average Bonchev–Trinajstić information content (AvgIpc) is 3.71. The molecule has 0 radical (unpaired) electrons. The fraction of sp³-hybridized carbons (Fsp3) is 0.515. The van der Waals surface area contributed by atoms with Gasteiger partial charge in [-0.15, -0.1) is 0 Å². The van der Waals surface area contributed by atoms with Crippen LogP contribution in [0.3, 0.4) is 0 Å². The third-order valence-corrected chi connectivity index (χ3v) is 19.2. The summed E-state index contributed by atoms with van der Waals surface area (Å²) in [6.45, 7) is 43.9. The number of allylic oxidation sites excluding steroid dienone is 3. The summed E-state index contributed by atoms with van der Waals surface area (Å²) in [7, 11) is 0. The van der Waals surface area contributed by atoms with Crippen molar-refractivity contribution in [3.63, 3.8) is 0 Å². The molecule has 70 heavy (non-hydrogen) atoms. The molecule has 2 aliphatic heterocycles. The van der Waals surface area contributed by atoms with Crippen molar-refractivity contribution >= 4 is 57.3 Å². The minimum atomic E-state index is -0.115. The molecule has 1 atom stereocenters. The second-order valence-corrected chi connectivity index (χ2v) is 28.5. The van der Waals surface area contributed by atoms with Crippen LogP contribution < -0.4 is 26.4 Å². The van der Waals surface area contributed by atoms with E-state index in [-0.39, 0.29) is 44.6 Å². The van der Waals surface area contributed by atoms with Crippen LogP contribution in [0.2, 0.25) is 0 Å². The molecule has 4 aromatic carbocycles. The molecule has 0 fully saturated rings. The molecule has 366 valence electrons. The molecule has 4 heteroatoms. The number of furan rings is 1. The molecule has 0 amide bonds. The summed E-state index contributed by atoms with van der Waals surface area (Å²) in [6, 6.07) is 27.3. The van der Waals surface area contributed by atoms with Gasteiger partial charge < -0.3 is 14.2 Å². The minimum absolute atomic E-state index is 0.0265. The number of anilines is 5. The molecule has 3 nitrogen and oxygen atoms in total. The monoisotopic (exact) mass is 931 g/mol. The van der Waals surface area contributed by atoms with Gasteiger partial charge in [0.25, 0.3) is 6.71 Å². The van der Waals surface area contributed by atoms with Gasteiger partial charge in [0, 0.05) is 45.0 Å². The van der Waals surface area contributed by atoms with Gasteiger partial charge in [0.1, 0.15) is 5.76 Å². The first-order valence-electron chi connectivity index (χ1n) is 27.3. The number of nitrogens with zero attached hydrogens (tertiary/aromatic N) is 2. The molecule has 3 heterocycles. The molecule has 0 saturated heterocycles. The largest absolute Gasteiger partial charge is 0.472 e. The summed E-state index contributed by atoms with van der Waals surface area (Å²) in [5.41, 5.74) is 24.6. The molecule has 0 saturated carbocycles. The summed E-state index contributed by atoms with van der Waals surface area (Å²) < 4.78 is 7.89. The molecule has 6 aliphatic rings. The van der Waals surface area contributed by atoms with E-state index in [1.807, 2.05) is 0 Å². The molecule has 11 rings (SSSR count). The topological polar surface area (TPSA) is 19.6 Å². The lowest BCUT2D eigenvalue weighted by molar-refractivity contribution is 0.282. The van der Waals surface area contributed by atoms with Gasteiger partial charge in [-0.25, -0.2) is 0 Å². The fourth-order valence-electron chi connectivity index (χ4n) is 14.2. The molecular formula is C66H83BN2O. The van der Waals surface area contributed by atoms with Crippen LogP contribution in [-0.2, 0) is 32.5 Å². The Bertz CT molecular complexity index is 3060. The Morgan fingerprint density at radius 2 is 1.16 bits per heavy atom. The molecule has 0 N–H and O–H groups in total. The first-order valence-corrected chi connectivity index (χ1v) is 27.3. The lowest BCUT2D eigenvalue weighted by Gasteiger charge is -2.49. The van der Waals surface area contributed by atoms with Gasteiger partial charge in [0.2, 0.25) is 0 Å². The second kappa shape index (κ2) is 15.2. The predicted molar refractivity (Wildman–Crippen MR) is 301 cm³/mol. The second-order valence-electron chi connectivity index (χ2n) is 28.5. The van der Waals surface area contributed by atoms with Gasteiger partial charge in [0.05, 0.1) is 11.3 Å². The van der Waals surface area contributed by atoms with E-state index >= 15 is 0 Å². The molecular weight excluding hydrogens is 848 g/mol. The minimum Gasteiger partial charge on any atom is -0.472 e. The average molecular weight is 931 g/mol. The Balaban J connectivity index is 1.25. The van der Waals surface area contributed by atoms with Crippen molar-refractivity contribution in [3.05, 3.63) is 135 Å². The zero-order chi connectivity index (χ0) is 50.2. The SMILES string of the molecule is Cc1cc2c3c(c1)N(c1ccc(C(C)C)cc1)c1c(ccc4c1C(C)(C)CCC4(C)C)B3c1oc3c(c1N2C1=CCC(C(C)(C)C)C=C1c1ccc2c(c1)C(C)(C)CCC2(C)C)C(C)(C)CCC3(C)C. The molecule has 1 unspecified atom stereocenters. The smallest absolute Gasteiger partial charge is 0.297 e. The van der Waals surface area contributed by atoms with Crippen molar-refractivity contribution in [2.45, 2.75) is 208 Å². The Hall–Kier alpha value is -4.70. The summed E-state index contributed by atoms with van der Waals surface area (Å²) in [4.78, 5) is 5.47. The van der Waals surface area contributed by atoms with Gasteiger partial charge >= 0.3 is 0 Å². The van der Waals surface area contributed by atoms with Crippen LogP contribution in [0.25, 0.3) is 5.57 Å². The molecule has 0 spiro atoms. The Morgan fingerprint density at radius 3 is 1.79 bits per heavy atom. The molecule has 5 aromatic rings. The Morgan fingerprint density at radius 1 is 0.600 bits per heavy atom. The maximum Gasteiger partial charge on any atom is 0.297 e. The first kappa shape index (κ1) is 47.6. The maximum atomic E-state index is 7.89. The highest BCUT2D eigenvalue weighted by atomic mass is 16.3. The third-order valence-electron chi connectivity index (χ3n) is 19.2. The number of hydrogen-bond acceptors (Lipinski definition) is 3. The maximum absolute atomic E-state index is 7.89. The zero-order valence-electron chi connectivity index (χ0n) is 46.5. The van der Waals surface area contributed by atoms with Gasteiger partial charge in [-0.3, -0.25) is 0 Å². The molecule has 1 aromatic heterocycles. The Labute approximate surface area is 423 Å². The van der Waals surface area contributed by atoms with Crippen LogP contribution in [-0.4, -0.2) is 6.71 Å². The van der Waals surface area contributed by atoms with Crippen LogP contribution in [0.4, 0.5) is 28.4 Å². The highest BCUT2D eigenvalue weighted by Gasteiger charge is 2.55. The lowest BCUT2D eigenvalue weighted by atomic mass is 9.34.